The summed E-state index contributed by atoms with van der Waals surface area (Å²) in [5, 5.41) is 6.20. The number of carbonyl (C=O) groups excluding carboxylic acids is 1. The fourth-order valence-corrected chi connectivity index (χ4v) is 2.30. The van der Waals surface area contributed by atoms with Crippen molar-refractivity contribution in [3.05, 3.63) is 0 Å². The molecule has 4 nitrogen and oxygen atoms in total. The number of ether oxygens (including phenoxy) is 1. The number of amides is 1. The van der Waals surface area contributed by atoms with Crippen LogP contribution in [0.5, 0.6) is 0 Å². The summed E-state index contributed by atoms with van der Waals surface area (Å²) in [6.45, 7) is 2.14. The Morgan fingerprint density at radius 3 is 2.69 bits per heavy atom. The van der Waals surface area contributed by atoms with E-state index in [2.05, 4.69) is 10.6 Å². The van der Waals surface area contributed by atoms with Crippen LogP contribution in [0.3, 0.4) is 0 Å². The van der Waals surface area contributed by atoms with Gasteiger partial charge in [-0.3, -0.25) is 4.79 Å². The highest BCUT2D eigenvalue weighted by molar-refractivity contribution is 5.85. The zero-order valence-electron chi connectivity index (χ0n) is 9.54. The number of nitrogens with one attached hydrogen (secondary N) is 2. The molecule has 1 saturated carbocycles. The number of hydrogen-bond acceptors (Lipinski definition) is 3. The minimum Gasteiger partial charge on any atom is -0.368 e. The van der Waals surface area contributed by atoms with E-state index in [1.165, 1.54) is 12.8 Å². The molecular formula is C11H21ClN2O2. The van der Waals surface area contributed by atoms with Crippen LogP contribution in [0.1, 0.15) is 32.1 Å². The van der Waals surface area contributed by atoms with Crippen molar-refractivity contribution >= 4 is 18.3 Å². The fourth-order valence-electron chi connectivity index (χ4n) is 2.30. The van der Waals surface area contributed by atoms with Gasteiger partial charge in [0.25, 0.3) is 0 Å². The molecule has 5 heteroatoms. The second kappa shape index (κ2) is 7.09. The van der Waals surface area contributed by atoms with Gasteiger partial charge in [-0.1, -0.05) is 12.8 Å². The smallest absolute Gasteiger partial charge is 0.246 e. The lowest BCUT2D eigenvalue weighted by Crippen LogP contribution is -2.39. The Kier molecular flexibility index (Phi) is 6.09. The molecule has 0 aromatic heterocycles. The highest BCUT2D eigenvalue weighted by Gasteiger charge is 2.19. The van der Waals surface area contributed by atoms with Crippen LogP contribution in [0, 0.1) is 0 Å². The lowest BCUT2D eigenvalue weighted by atomic mass is 10.2. The predicted octanol–water partition coefficient (Wildman–Crippen LogP) is 0.846. The van der Waals surface area contributed by atoms with Gasteiger partial charge in [-0.15, -0.1) is 12.4 Å². The number of rotatable bonds is 4. The van der Waals surface area contributed by atoms with Crippen molar-refractivity contribution in [1.29, 1.82) is 0 Å². The van der Waals surface area contributed by atoms with Crippen molar-refractivity contribution in [3.8, 4) is 0 Å². The molecule has 16 heavy (non-hydrogen) atoms. The molecule has 1 aliphatic heterocycles. The van der Waals surface area contributed by atoms with Crippen LogP contribution in [0.2, 0.25) is 0 Å². The van der Waals surface area contributed by atoms with Gasteiger partial charge in [-0.05, 0) is 25.8 Å². The van der Waals surface area contributed by atoms with Crippen molar-refractivity contribution in [3.63, 3.8) is 0 Å². The van der Waals surface area contributed by atoms with Crippen LogP contribution in [0.15, 0.2) is 0 Å². The van der Waals surface area contributed by atoms with Gasteiger partial charge in [0.05, 0.1) is 6.10 Å². The van der Waals surface area contributed by atoms with E-state index in [1.807, 2.05) is 0 Å². The third-order valence-electron chi connectivity index (χ3n) is 3.18. The molecule has 0 aromatic rings. The number of carbonyl (C=O) groups is 1. The lowest BCUT2D eigenvalue weighted by Gasteiger charge is -2.14. The van der Waals surface area contributed by atoms with Gasteiger partial charge in [-0.2, -0.15) is 0 Å². The number of halogens is 1. The summed E-state index contributed by atoms with van der Waals surface area (Å²) in [4.78, 5) is 11.5. The molecule has 1 saturated heterocycles. The zero-order valence-corrected chi connectivity index (χ0v) is 10.4. The molecule has 0 aromatic carbocycles. The summed E-state index contributed by atoms with van der Waals surface area (Å²) in [5.41, 5.74) is 0. The first-order valence-electron chi connectivity index (χ1n) is 5.96. The average Bonchev–Trinajstić information content (AvgIpc) is 2.86. The molecule has 2 fully saturated rings. The van der Waals surface area contributed by atoms with Gasteiger partial charge in [0.15, 0.2) is 0 Å². The SMILES string of the molecule is Cl.O=C(COC1CCCC1)NC1CCNC1. The van der Waals surface area contributed by atoms with Crippen molar-refractivity contribution in [2.24, 2.45) is 0 Å². The maximum absolute atomic E-state index is 11.5. The Balaban J connectivity index is 0.00000128. The Morgan fingerprint density at radius 1 is 1.31 bits per heavy atom. The van der Waals surface area contributed by atoms with E-state index < -0.39 is 0 Å². The molecule has 2 rings (SSSR count). The second-order valence-electron chi connectivity index (χ2n) is 4.47. The lowest BCUT2D eigenvalue weighted by molar-refractivity contribution is -0.128. The van der Waals surface area contributed by atoms with Crippen LogP contribution >= 0.6 is 12.4 Å². The van der Waals surface area contributed by atoms with Crippen molar-refractivity contribution in [1.82, 2.24) is 10.6 Å². The van der Waals surface area contributed by atoms with E-state index >= 15 is 0 Å². The van der Waals surface area contributed by atoms with E-state index in [0.717, 1.165) is 32.4 Å². The van der Waals surface area contributed by atoms with E-state index in [-0.39, 0.29) is 24.9 Å². The monoisotopic (exact) mass is 248 g/mol. The minimum atomic E-state index is 0. The standard InChI is InChI=1S/C11H20N2O2.ClH/c14-11(13-9-5-6-12-7-9)8-15-10-3-1-2-4-10;/h9-10,12H,1-8H2,(H,13,14);1H. The third kappa shape index (κ3) is 4.28. The highest BCUT2D eigenvalue weighted by Crippen LogP contribution is 2.20. The summed E-state index contributed by atoms with van der Waals surface area (Å²) in [6, 6.07) is 0.310. The predicted molar refractivity (Wildman–Crippen MR) is 64.9 cm³/mol. The molecule has 0 radical (unpaired) electrons. The van der Waals surface area contributed by atoms with Crippen LogP contribution in [0.4, 0.5) is 0 Å². The topological polar surface area (TPSA) is 50.4 Å². The number of hydrogen-bond donors (Lipinski definition) is 2. The molecule has 2 N–H and O–H groups in total. The van der Waals surface area contributed by atoms with Gasteiger partial charge in [0.2, 0.25) is 5.91 Å². The van der Waals surface area contributed by atoms with Crippen LogP contribution < -0.4 is 10.6 Å². The van der Waals surface area contributed by atoms with Gasteiger partial charge >= 0.3 is 0 Å². The Morgan fingerprint density at radius 2 is 2.06 bits per heavy atom. The van der Waals surface area contributed by atoms with Gasteiger partial charge in [0.1, 0.15) is 6.61 Å². The molecule has 1 heterocycles. The van der Waals surface area contributed by atoms with E-state index in [0.29, 0.717) is 12.1 Å². The van der Waals surface area contributed by atoms with E-state index in [1.54, 1.807) is 0 Å². The van der Waals surface area contributed by atoms with Gasteiger partial charge < -0.3 is 15.4 Å². The molecule has 0 spiro atoms. The largest absolute Gasteiger partial charge is 0.368 e. The summed E-state index contributed by atoms with van der Waals surface area (Å²) >= 11 is 0. The normalized spacial score (nSPS) is 25.4. The van der Waals surface area contributed by atoms with E-state index in [4.69, 9.17) is 4.74 Å². The first-order chi connectivity index (χ1) is 7.34. The Hall–Kier alpha value is -0.320. The van der Waals surface area contributed by atoms with Crippen LogP contribution in [-0.2, 0) is 9.53 Å². The fraction of sp³-hybridized carbons (Fsp3) is 0.909. The Labute approximate surface area is 103 Å². The van der Waals surface area contributed by atoms with Crippen LogP contribution in [0.25, 0.3) is 0 Å². The molecule has 94 valence electrons. The second-order valence-corrected chi connectivity index (χ2v) is 4.47. The molecule has 1 atom stereocenters. The first kappa shape index (κ1) is 13.7. The first-order valence-corrected chi connectivity index (χ1v) is 5.96. The molecule has 2 aliphatic rings. The maximum Gasteiger partial charge on any atom is 0.246 e. The van der Waals surface area contributed by atoms with Crippen LogP contribution in [-0.4, -0.2) is 37.7 Å². The Bertz CT molecular complexity index is 214. The molecular weight excluding hydrogens is 228 g/mol. The summed E-state index contributed by atoms with van der Waals surface area (Å²) in [6.07, 6.45) is 6.11. The zero-order chi connectivity index (χ0) is 10.5. The van der Waals surface area contributed by atoms with Gasteiger partial charge in [0, 0.05) is 12.6 Å². The minimum absolute atomic E-state index is 0. The molecule has 1 aliphatic carbocycles. The average molecular weight is 249 g/mol. The summed E-state index contributed by atoms with van der Waals surface area (Å²) in [7, 11) is 0. The summed E-state index contributed by atoms with van der Waals surface area (Å²) < 4.78 is 5.54. The quantitative estimate of drug-likeness (QED) is 0.776. The maximum atomic E-state index is 11.5. The molecule has 1 unspecified atom stereocenters. The van der Waals surface area contributed by atoms with Crippen molar-refractivity contribution < 1.29 is 9.53 Å². The molecule has 0 bridgehead atoms. The van der Waals surface area contributed by atoms with Crippen molar-refractivity contribution in [2.45, 2.75) is 44.2 Å². The third-order valence-corrected chi connectivity index (χ3v) is 3.18. The highest BCUT2D eigenvalue weighted by atomic mass is 35.5. The van der Waals surface area contributed by atoms with Gasteiger partial charge in [-0.25, -0.2) is 0 Å². The van der Waals surface area contributed by atoms with Crippen molar-refractivity contribution in [2.75, 3.05) is 19.7 Å². The molecule has 1 amide bonds. The van der Waals surface area contributed by atoms with E-state index in [9.17, 15) is 4.79 Å². The summed E-state index contributed by atoms with van der Waals surface area (Å²) in [5.74, 6) is 0.0376.